The number of nitrogens with one attached hydrogen (secondary N) is 2. The van der Waals surface area contributed by atoms with E-state index >= 15 is 0 Å². The van der Waals surface area contributed by atoms with Crippen molar-refractivity contribution in [2.75, 3.05) is 24.3 Å². The number of para-hydroxylation sites is 1. The number of rotatable bonds is 6. The molecule has 21 heavy (non-hydrogen) atoms. The number of hydrogen-bond donors (Lipinski definition) is 2. The molecule has 2 N–H and O–H groups in total. The summed E-state index contributed by atoms with van der Waals surface area (Å²) < 4.78 is 5.16. The number of hydrogen-bond acceptors (Lipinski definition) is 3. The predicted molar refractivity (Wildman–Crippen MR) is 85.9 cm³/mol. The Morgan fingerprint density at radius 2 is 1.95 bits per heavy atom. The first-order valence-corrected chi connectivity index (χ1v) is 6.92. The van der Waals surface area contributed by atoms with E-state index in [2.05, 4.69) is 10.6 Å². The first kappa shape index (κ1) is 14.9. The molecule has 0 heterocycles. The summed E-state index contributed by atoms with van der Waals surface area (Å²) in [6.07, 6.45) is 0.408. The molecule has 0 unspecified atom stereocenters. The van der Waals surface area contributed by atoms with E-state index in [0.717, 1.165) is 22.7 Å². The van der Waals surface area contributed by atoms with E-state index in [-0.39, 0.29) is 5.91 Å². The van der Waals surface area contributed by atoms with Gasteiger partial charge in [-0.1, -0.05) is 24.3 Å². The maximum atomic E-state index is 11.9. The number of benzene rings is 2. The highest BCUT2D eigenvalue weighted by atomic mass is 16.5. The molecule has 2 aromatic carbocycles. The molecule has 0 radical (unpaired) electrons. The van der Waals surface area contributed by atoms with E-state index in [1.54, 1.807) is 7.11 Å². The molecular weight excluding hydrogens is 264 g/mol. The molecule has 2 rings (SSSR count). The number of ether oxygens (including phenoxy) is 1. The molecule has 0 aliphatic carbocycles. The van der Waals surface area contributed by atoms with E-state index < -0.39 is 0 Å². The lowest BCUT2D eigenvalue weighted by molar-refractivity contribution is -0.115. The second-order valence-corrected chi connectivity index (χ2v) is 4.77. The van der Waals surface area contributed by atoms with Gasteiger partial charge in [0.1, 0.15) is 5.75 Å². The number of anilines is 2. The van der Waals surface area contributed by atoms with Crippen LogP contribution in [-0.4, -0.2) is 19.6 Å². The standard InChI is InChI=1S/C17H20N2O2/c1-13-6-3-4-9-16(13)19-17(20)10-11-18-14-7-5-8-15(12-14)21-2/h3-9,12,18H,10-11H2,1-2H3,(H,19,20). The van der Waals surface area contributed by atoms with Crippen LogP contribution in [0.1, 0.15) is 12.0 Å². The Morgan fingerprint density at radius 3 is 2.71 bits per heavy atom. The molecule has 0 saturated carbocycles. The summed E-state index contributed by atoms with van der Waals surface area (Å²) in [4.78, 5) is 11.9. The van der Waals surface area contributed by atoms with E-state index in [0.29, 0.717) is 13.0 Å². The van der Waals surface area contributed by atoms with E-state index in [1.165, 1.54) is 0 Å². The zero-order valence-corrected chi connectivity index (χ0v) is 12.3. The largest absolute Gasteiger partial charge is 0.497 e. The van der Waals surface area contributed by atoms with Crippen molar-refractivity contribution in [1.82, 2.24) is 0 Å². The molecule has 4 heteroatoms. The maximum absolute atomic E-state index is 11.9. The Kier molecular flexibility index (Phi) is 5.21. The summed E-state index contributed by atoms with van der Waals surface area (Å²) in [5.41, 5.74) is 2.87. The van der Waals surface area contributed by atoms with Crippen LogP contribution in [0, 0.1) is 6.92 Å². The lowest BCUT2D eigenvalue weighted by Crippen LogP contribution is -2.16. The molecule has 0 aromatic heterocycles. The lowest BCUT2D eigenvalue weighted by atomic mass is 10.2. The molecule has 0 atom stereocenters. The molecule has 1 amide bonds. The third-order valence-corrected chi connectivity index (χ3v) is 3.17. The third kappa shape index (κ3) is 4.53. The Labute approximate surface area is 125 Å². The van der Waals surface area contributed by atoms with Gasteiger partial charge in [0.15, 0.2) is 0 Å². The summed E-state index contributed by atoms with van der Waals surface area (Å²) in [5, 5.41) is 6.13. The summed E-state index contributed by atoms with van der Waals surface area (Å²) in [7, 11) is 1.63. The highest BCUT2D eigenvalue weighted by molar-refractivity contribution is 5.91. The second kappa shape index (κ2) is 7.33. The monoisotopic (exact) mass is 284 g/mol. The van der Waals surface area contributed by atoms with E-state index in [1.807, 2.05) is 55.5 Å². The average Bonchev–Trinajstić information content (AvgIpc) is 2.50. The van der Waals surface area contributed by atoms with Crippen molar-refractivity contribution in [3.05, 3.63) is 54.1 Å². The van der Waals surface area contributed by atoms with Gasteiger partial charge in [0, 0.05) is 30.4 Å². The van der Waals surface area contributed by atoms with Gasteiger partial charge in [0.05, 0.1) is 7.11 Å². The van der Waals surface area contributed by atoms with Gasteiger partial charge < -0.3 is 15.4 Å². The molecule has 2 aromatic rings. The molecule has 4 nitrogen and oxygen atoms in total. The van der Waals surface area contributed by atoms with Gasteiger partial charge in [-0.3, -0.25) is 4.79 Å². The Bertz CT molecular complexity index is 611. The van der Waals surface area contributed by atoms with Gasteiger partial charge in [-0.25, -0.2) is 0 Å². The van der Waals surface area contributed by atoms with Gasteiger partial charge >= 0.3 is 0 Å². The summed E-state index contributed by atoms with van der Waals surface area (Å²) in [6.45, 7) is 2.55. The van der Waals surface area contributed by atoms with Crippen LogP contribution >= 0.6 is 0 Å². The van der Waals surface area contributed by atoms with E-state index in [4.69, 9.17) is 4.74 Å². The zero-order chi connectivity index (χ0) is 15.1. The second-order valence-electron chi connectivity index (χ2n) is 4.77. The predicted octanol–water partition coefficient (Wildman–Crippen LogP) is 3.44. The Hall–Kier alpha value is -2.49. The van der Waals surface area contributed by atoms with Gasteiger partial charge in [-0.05, 0) is 30.7 Å². The minimum absolute atomic E-state index is 0.000281. The molecule has 110 valence electrons. The van der Waals surface area contributed by atoms with Crippen LogP contribution in [0.5, 0.6) is 5.75 Å². The van der Waals surface area contributed by atoms with E-state index in [9.17, 15) is 4.79 Å². The summed E-state index contributed by atoms with van der Waals surface area (Å²) in [5.74, 6) is 0.795. The molecular formula is C17H20N2O2. The topological polar surface area (TPSA) is 50.4 Å². The average molecular weight is 284 g/mol. The zero-order valence-electron chi connectivity index (χ0n) is 12.3. The number of aryl methyl sites for hydroxylation is 1. The highest BCUT2D eigenvalue weighted by Gasteiger charge is 2.04. The van der Waals surface area contributed by atoms with Crippen molar-refractivity contribution in [1.29, 1.82) is 0 Å². The molecule has 0 aliphatic rings. The fourth-order valence-electron chi connectivity index (χ4n) is 1.98. The van der Waals surface area contributed by atoms with Crippen LogP contribution in [0.15, 0.2) is 48.5 Å². The molecule has 0 spiro atoms. The van der Waals surface area contributed by atoms with Crippen molar-refractivity contribution in [2.24, 2.45) is 0 Å². The number of carbonyl (C=O) groups excluding carboxylic acids is 1. The third-order valence-electron chi connectivity index (χ3n) is 3.17. The van der Waals surface area contributed by atoms with Gasteiger partial charge in [-0.15, -0.1) is 0 Å². The van der Waals surface area contributed by atoms with Gasteiger partial charge in [0.2, 0.25) is 5.91 Å². The maximum Gasteiger partial charge on any atom is 0.226 e. The summed E-state index contributed by atoms with van der Waals surface area (Å²) >= 11 is 0. The SMILES string of the molecule is COc1cccc(NCCC(=O)Nc2ccccc2C)c1. The highest BCUT2D eigenvalue weighted by Crippen LogP contribution is 2.17. The first-order valence-electron chi connectivity index (χ1n) is 6.92. The Balaban J connectivity index is 1.80. The van der Waals surface area contributed by atoms with Crippen molar-refractivity contribution in [2.45, 2.75) is 13.3 Å². The lowest BCUT2D eigenvalue weighted by Gasteiger charge is -2.10. The van der Waals surface area contributed by atoms with Crippen molar-refractivity contribution < 1.29 is 9.53 Å². The van der Waals surface area contributed by atoms with Crippen molar-refractivity contribution in [3.8, 4) is 5.75 Å². The fraction of sp³-hybridized carbons (Fsp3) is 0.235. The first-order chi connectivity index (χ1) is 10.2. The fourth-order valence-corrected chi connectivity index (χ4v) is 1.98. The van der Waals surface area contributed by atoms with Crippen molar-refractivity contribution in [3.63, 3.8) is 0 Å². The van der Waals surface area contributed by atoms with Gasteiger partial charge in [0.25, 0.3) is 0 Å². The van der Waals surface area contributed by atoms with Gasteiger partial charge in [-0.2, -0.15) is 0 Å². The van der Waals surface area contributed by atoms with Crippen LogP contribution in [0.3, 0.4) is 0 Å². The van der Waals surface area contributed by atoms with Crippen LogP contribution in [0.25, 0.3) is 0 Å². The summed E-state index contributed by atoms with van der Waals surface area (Å²) in [6, 6.07) is 15.4. The van der Waals surface area contributed by atoms with Crippen molar-refractivity contribution >= 4 is 17.3 Å². The normalized spacial score (nSPS) is 10.0. The number of carbonyl (C=O) groups is 1. The Morgan fingerprint density at radius 1 is 1.14 bits per heavy atom. The molecule has 0 fully saturated rings. The van der Waals surface area contributed by atoms with Crippen LogP contribution in [0.4, 0.5) is 11.4 Å². The van der Waals surface area contributed by atoms with Crippen LogP contribution < -0.4 is 15.4 Å². The van der Waals surface area contributed by atoms with Crippen LogP contribution in [0.2, 0.25) is 0 Å². The quantitative estimate of drug-likeness (QED) is 0.854. The number of amides is 1. The molecule has 0 bridgehead atoms. The van der Waals surface area contributed by atoms with Crippen LogP contribution in [-0.2, 0) is 4.79 Å². The number of methoxy groups -OCH3 is 1. The molecule has 0 saturated heterocycles. The minimum Gasteiger partial charge on any atom is -0.497 e. The smallest absolute Gasteiger partial charge is 0.226 e. The molecule has 0 aliphatic heterocycles. The minimum atomic E-state index is -0.000281.